The monoisotopic (exact) mass is 349 g/mol. The zero-order valence-corrected chi connectivity index (χ0v) is 15.7. The highest BCUT2D eigenvalue weighted by Crippen LogP contribution is 2.21. The average molecular weight is 349 g/mol. The fourth-order valence-electron chi connectivity index (χ4n) is 3.85. The summed E-state index contributed by atoms with van der Waals surface area (Å²) >= 11 is 0. The highest BCUT2D eigenvalue weighted by molar-refractivity contribution is 5.39. The molecule has 0 saturated carbocycles. The molecular formula is C21H27N5. The fraction of sp³-hybridized carbons (Fsp3) is 0.429. The van der Waals surface area contributed by atoms with E-state index >= 15 is 0 Å². The van der Waals surface area contributed by atoms with Gasteiger partial charge in [-0.2, -0.15) is 5.10 Å². The molecular weight excluding hydrogens is 322 g/mol. The van der Waals surface area contributed by atoms with Gasteiger partial charge in [0, 0.05) is 37.2 Å². The number of aryl methyl sites for hydroxylation is 2. The molecule has 5 heteroatoms. The van der Waals surface area contributed by atoms with E-state index in [-0.39, 0.29) is 0 Å². The third kappa shape index (κ3) is 3.73. The number of imidazole rings is 1. The van der Waals surface area contributed by atoms with Gasteiger partial charge in [0.1, 0.15) is 5.82 Å². The summed E-state index contributed by atoms with van der Waals surface area (Å²) in [5.74, 6) is 1.88. The van der Waals surface area contributed by atoms with Gasteiger partial charge in [-0.1, -0.05) is 18.2 Å². The first-order valence-electron chi connectivity index (χ1n) is 9.48. The van der Waals surface area contributed by atoms with Crippen molar-refractivity contribution in [2.45, 2.75) is 39.8 Å². The van der Waals surface area contributed by atoms with E-state index in [9.17, 15) is 0 Å². The van der Waals surface area contributed by atoms with Gasteiger partial charge >= 0.3 is 0 Å². The first-order chi connectivity index (χ1) is 12.7. The van der Waals surface area contributed by atoms with Crippen LogP contribution in [0.2, 0.25) is 0 Å². The Labute approximate surface area is 155 Å². The predicted octanol–water partition coefficient (Wildman–Crippen LogP) is 3.60. The molecule has 0 bridgehead atoms. The molecule has 0 aliphatic carbocycles. The molecule has 4 rings (SSSR count). The Kier molecular flexibility index (Phi) is 4.89. The minimum atomic E-state index is 0.758. The second kappa shape index (κ2) is 7.46. The molecule has 2 aromatic heterocycles. The number of aromatic nitrogens is 4. The minimum absolute atomic E-state index is 0.758. The van der Waals surface area contributed by atoms with Crippen molar-refractivity contribution in [3.63, 3.8) is 0 Å². The van der Waals surface area contributed by atoms with E-state index in [2.05, 4.69) is 70.1 Å². The first kappa shape index (κ1) is 17.0. The second-order valence-corrected chi connectivity index (χ2v) is 7.43. The Morgan fingerprint density at radius 2 is 1.92 bits per heavy atom. The quantitative estimate of drug-likeness (QED) is 0.706. The highest BCUT2D eigenvalue weighted by Gasteiger charge is 2.20. The zero-order valence-electron chi connectivity index (χ0n) is 15.7. The van der Waals surface area contributed by atoms with E-state index in [1.807, 2.05) is 17.1 Å². The van der Waals surface area contributed by atoms with Crippen LogP contribution in [-0.2, 0) is 13.1 Å². The number of hydrogen-bond acceptors (Lipinski definition) is 3. The fourth-order valence-corrected chi connectivity index (χ4v) is 3.85. The molecule has 26 heavy (non-hydrogen) atoms. The standard InChI is InChI=1S/C21H27N5/c1-17-5-3-4-6-21(17)26-16-20(13-23-26)14-24-10-7-19(8-11-24)15-25-12-9-22-18(25)2/h3-6,9,12-13,16,19H,7-8,10-11,14-15H2,1-2H3. The number of benzene rings is 1. The van der Waals surface area contributed by atoms with Crippen molar-refractivity contribution in [3.8, 4) is 5.69 Å². The maximum atomic E-state index is 4.57. The number of para-hydroxylation sites is 1. The van der Waals surface area contributed by atoms with Crippen molar-refractivity contribution < 1.29 is 0 Å². The summed E-state index contributed by atoms with van der Waals surface area (Å²) in [5.41, 5.74) is 3.70. The molecule has 1 aliphatic rings. The van der Waals surface area contributed by atoms with Crippen molar-refractivity contribution in [2.24, 2.45) is 5.92 Å². The molecule has 0 atom stereocenters. The van der Waals surface area contributed by atoms with E-state index in [1.165, 1.54) is 24.0 Å². The lowest BCUT2D eigenvalue weighted by Gasteiger charge is -2.32. The van der Waals surface area contributed by atoms with Crippen LogP contribution in [0.1, 0.15) is 29.8 Å². The molecule has 5 nitrogen and oxygen atoms in total. The summed E-state index contributed by atoms with van der Waals surface area (Å²) in [5, 5.41) is 4.57. The van der Waals surface area contributed by atoms with Gasteiger partial charge in [-0.3, -0.25) is 4.90 Å². The van der Waals surface area contributed by atoms with Crippen molar-refractivity contribution in [1.82, 2.24) is 24.2 Å². The minimum Gasteiger partial charge on any atom is -0.335 e. The van der Waals surface area contributed by atoms with Crippen LogP contribution in [0.15, 0.2) is 49.1 Å². The summed E-state index contributed by atoms with van der Waals surface area (Å²) in [6.45, 7) is 8.63. The highest BCUT2D eigenvalue weighted by atomic mass is 15.3. The lowest BCUT2D eigenvalue weighted by Crippen LogP contribution is -2.34. The summed E-state index contributed by atoms with van der Waals surface area (Å²) in [6.07, 6.45) is 10.7. The van der Waals surface area contributed by atoms with Crippen LogP contribution >= 0.6 is 0 Å². The molecule has 3 heterocycles. The van der Waals surface area contributed by atoms with E-state index < -0.39 is 0 Å². The van der Waals surface area contributed by atoms with Gasteiger partial charge < -0.3 is 4.57 Å². The molecule has 136 valence electrons. The molecule has 1 fully saturated rings. The summed E-state index contributed by atoms with van der Waals surface area (Å²) in [7, 11) is 0. The van der Waals surface area contributed by atoms with Crippen molar-refractivity contribution in [1.29, 1.82) is 0 Å². The summed E-state index contributed by atoms with van der Waals surface area (Å²) < 4.78 is 4.28. The molecule has 1 aromatic carbocycles. The van der Waals surface area contributed by atoms with Gasteiger partial charge in [0.2, 0.25) is 0 Å². The average Bonchev–Trinajstić information content (AvgIpc) is 3.27. The number of hydrogen-bond donors (Lipinski definition) is 0. The maximum absolute atomic E-state index is 4.57. The largest absolute Gasteiger partial charge is 0.335 e. The predicted molar refractivity (Wildman–Crippen MR) is 103 cm³/mol. The van der Waals surface area contributed by atoms with E-state index in [1.54, 1.807) is 0 Å². The summed E-state index contributed by atoms with van der Waals surface area (Å²) in [4.78, 5) is 6.88. The van der Waals surface area contributed by atoms with E-state index in [4.69, 9.17) is 0 Å². The topological polar surface area (TPSA) is 38.9 Å². The number of piperidine rings is 1. The van der Waals surface area contributed by atoms with Crippen LogP contribution < -0.4 is 0 Å². The van der Waals surface area contributed by atoms with Crippen LogP contribution in [0.4, 0.5) is 0 Å². The van der Waals surface area contributed by atoms with Crippen LogP contribution in [0.25, 0.3) is 5.69 Å². The maximum Gasteiger partial charge on any atom is 0.105 e. The molecule has 0 radical (unpaired) electrons. The Hall–Kier alpha value is -2.40. The lowest BCUT2D eigenvalue weighted by molar-refractivity contribution is 0.166. The SMILES string of the molecule is Cc1ccccc1-n1cc(CN2CCC(Cn3ccnc3C)CC2)cn1. The third-order valence-corrected chi connectivity index (χ3v) is 5.49. The third-order valence-electron chi connectivity index (χ3n) is 5.49. The molecule has 1 saturated heterocycles. The number of likely N-dealkylation sites (tertiary alicyclic amines) is 1. The Morgan fingerprint density at radius 1 is 1.12 bits per heavy atom. The van der Waals surface area contributed by atoms with Gasteiger partial charge in [0.15, 0.2) is 0 Å². The Bertz CT molecular complexity index is 855. The van der Waals surface area contributed by atoms with Crippen LogP contribution in [-0.4, -0.2) is 37.3 Å². The number of nitrogens with zero attached hydrogens (tertiary/aromatic N) is 5. The van der Waals surface area contributed by atoms with Crippen molar-refractivity contribution >= 4 is 0 Å². The normalized spacial score (nSPS) is 16.2. The van der Waals surface area contributed by atoms with Gasteiger partial charge in [0.25, 0.3) is 0 Å². The lowest BCUT2D eigenvalue weighted by atomic mass is 9.96. The smallest absolute Gasteiger partial charge is 0.105 e. The van der Waals surface area contributed by atoms with E-state index in [0.29, 0.717) is 0 Å². The summed E-state index contributed by atoms with van der Waals surface area (Å²) in [6, 6.07) is 8.38. The van der Waals surface area contributed by atoms with Crippen molar-refractivity contribution in [2.75, 3.05) is 13.1 Å². The van der Waals surface area contributed by atoms with Crippen LogP contribution in [0.3, 0.4) is 0 Å². The van der Waals surface area contributed by atoms with Gasteiger partial charge in [-0.25, -0.2) is 9.67 Å². The van der Waals surface area contributed by atoms with E-state index in [0.717, 1.165) is 43.6 Å². The molecule has 0 N–H and O–H groups in total. The molecule has 3 aromatic rings. The van der Waals surface area contributed by atoms with Gasteiger partial charge in [-0.05, 0) is 57.3 Å². The molecule has 1 aliphatic heterocycles. The zero-order chi connectivity index (χ0) is 17.9. The van der Waals surface area contributed by atoms with Crippen LogP contribution in [0.5, 0.6) is 0 Å². The molecule has 0 unspecified atom stereocenters. The number of rotatable bonds is 5. The Morgan fingerprint density at radius 3 is 2.65 bits per heavy atom. The van der Waals surface area contributed by atoms with Crippen LogP contribution in [0, 0.1) is 19.8 Å². The van der Waals surface area contributed by atoms with Crippen molar-refractivity contribution in [3.05, 3.63) is 66.0 Å². The molecule has 0 amide bonds. The van der Waals surface area contributed by atoms with Gasteiger partial charge in [-0.15, -0.1) is 0 Å². The first-order valence-corrected chi connectivity index (χ1v) is 9.48. The second-order valence-electron chi connectivity index (χ2n) is 7.43. The van der Waals surface area contributed by atoms with Gasteiger partial charge in [0.05, 0.1) is 11.9 Å². The Balaban J connectivity index is 1.32. The molecule has 0 spiro atoms.